The standard InChI is InChI=1S/2C57H14O6.2C3H4.94H2/c2*1-4-7-10-13-16-19-22-25-28-31-34-37-40-43-46-49-55(58)61-52-54(63-57(60)51-48-45-42-39-36-33-30-27-24-21-18-15-12-9-6-3)53-62-56(59)50-47-44-41-38-35-32-29-26-23-20-17-14-11-8-5-2;2*1-3-2;;;;;;;;;;;;;;;;;;;;;;;;;;;;;;;;;;;;;;;;;;;;;;;;;;;;;;;;;;;;;;;;;;;;;;;;;;;;;;;;;;;;;;;;;;;;;;/h2*54H,52-53H2,1-3H3;2*1H,2H3;94*1H. The van der Waals surface area contributed by atoms with Crippen molar-refractivity contribution < 1.29 is 191 Å². The molecule has 132 heavy (non-hydrogen) atoms. The molecule has 0 unspecified atom stereocenters. The van der Waals surface area contributed by atoms with Gasteiger partial charge in [0.15, 0.2) is 12.2 Å². The van der Waals surface area contributed by atoms with Crippen LogP contribution in [0.1, 0.15) is 189 Å². The highest BCUT2D eigenvalue weighted by Crippen LogP contribution is 1.99. The smallest absolute Gasteiger partial charge is 0.385 e. The van der Waals surface area contributed by atoms with E-state index in [2.05, 4.69) is 593 Å². The first-order chi connectivity index (χ1) is 64.9. The summed E-state index contributed by atoms with van der Waals surface area (Å²) >= 11 is 0. The second-order valence-corrected chi connectivity index (χ2v) is 17.8. The Labute approximate surface area is 914 Å². The van der Waals surface area contributed by atoms with Gasteiger partial charge >= 0.3 is 35.8 Å². The van der Waals surface area contributed by atoms with Crippen molar-refractivity contribution in [1.82, 2.24) is 0 Å². The second-order valence-electron chi connectivity index (χ2n) is 17.8. The summed E-state index contributed by atoms with van der Waals surface area (Å²) < 4.78 is 30.2. The summed E-state index contributed by atoms with van der Waals surface area (Å²) in [4.78, 5) is 73.1. The van der Waals surface area contributed by atoms with Gasteiger partial charge in [0.2, 0.25) is 0 Å². The Balaban J connectivity index is -0.0000000104. The molecule has 0 aromatic rings. The van der Waals surface area contributed by atoms with Gasteiger partial charge in [0.05, 0.1) is 0 Å². The highest BCUT2D eigenvalue weighted by molar-refractivity contribution is 5.92. The van der Waals surface area contributed by atoms with E-state index >= 15 is 0 Å². The maximum atomic E-state index is 12.3. The van der Waals surface area contributed by atoms with Gasteiger partial charge in [-0.15, -0.1) is 24.7 Å². The minimum atomic E-state index is -1.34. The van der Waals surface area contributed by atoms with Gasteiger partial charge in [-0.05, 0) is 553 Å². The summed E-state index contributed by atoms with van der Waals surface area (Å²) in [5, 5.41) is 0. The molecule has 12 heteroatoms. The maximum absolute atomic E-state index is 12.3. The van der Waals surface area contributed by atoms with Crippen molar-refractivity contribution in [2.24, 2.45) is 0 Å². The van der Waals surface area contributed by atoms with Gasteiger partial charge in [0, 0.05) is 170 Å². The van der Waals surface area contributed by atoms with Crippen LogP contribution in [-0.2, 0) is 57.2 Å². The monoisotopic (exact) mass is 1860 g/mol. The number of rotatable bonds is 10. The molecule has 0 heterocycles. The van der Waals surface area contributed by atoms with Crippen molar-refractivity contribution in [3.63, 3.8) is 0 Å². The quantitative estimate of drug-likeness (QED) is 0.0884. The summed E-state index contributed by atoms with van der Waals surface area (Å²) in [6, 6.07) is 0. The van der Waals surface area contributed by atoms with Crippen LogP contribution in [0.2, 0.25) is 0 Å². The molecule has 0 fully saturated rings. The van der Waals surface area contributed by atoms with Crippen LogP contribution in [0.15, 0.2) is 0 Å². The Morgan fingerprint density at radius 3 is 0.341 bits per heavy atom. The molecule has 0 amide bonds. The lowest BCUT2D eigenvalue weighted by atomic mass is 10.4. The van der Waals surface area contributed by atoms with Crippen LogP contribution in [0.5, 0.6) is 0 Å². The van der Waals surface area contributed by atoms with E-state index in [0.29, 0.717) is 0 Å². The predicted octanol–water partition coefficient (Wildman–Crippen LogP) is 24.7. The highest BCUT2D eigenvalue weighted by atomic mass is 16.6. The predicted molar refractivity (Wildman–Crippen MR) is 699 cm³/mol. The van der Waals surface area contributed by atoms with E-state index in [1.165, 1.54) is 0 Å². The second kappa shape index (κ2) is 102. The Kier molecular flexibility index (Phi) is 87.3. The third kappa shape index (κ3) is 103. The number of hydrogen-bond acceptors (Lipinski definition) is 12. The van der Waals surface area contributed by atoms with Gasteiger partial charge in [0.25, 0.3) is 0 Å². The van der Waals surface area contributed by atoms with E-state index in [1.54, 1.807) is 55.4 Å². The van der Waals surface area contributed by atoms with E-state index < -0.39 is 74.5 Å². The highest BCUT2D eigenvalue weighted by Gasteiger charge is 2.19. The van der Waals surface area contributed by atoms with Crippen molar-refractivity contribution >= 4 is 35.8 Å². The van der Waals surface area contributed by atoms with Crippen molar-refractivity contribution in [2.75, 3.05) is 26.4 Å². The lowest BCUT2D eigenvalue weighted by Crippen LogP contribution is -2.30. The summed E-state index contributed by atoms with van der Waals surface area (Å²) in [5.41, 5.74) is 0. The van der Waals surface area contributed by atoms with Gasteiger partial charge in [-0.3, -0.25) is 0 Å². The Morgan fingerprint density at radius 2 is 0.242 bits per heavy atom. The van der Waals surface area contributed by atoms with E-state index in [1.807, 2.05) is 0 Å². The van der Waals surface area contributed by atoms with Gasteiger partial charge in [-0.2, -0.15) is 0 Å². The van der Waals surface area contributed by atoms with E-state index in [-0.39, 0.29) is 134 Å². The largest absolute Gasteiger partial charge is 0.452 e. The minimum Gasteiger partial charge on any atom is -0.452 e. The molecule has 776 valence electrons. The van der Waals surface area contributed by atoms with Gasteiger partial charge in [-0.1, -0.05) is 35.5 Å². The Hall–Kier alpha value is -25.2. The normalized spacial score (nSPS) is 5.21. The molecule has 0 aliphatic heterocycles. The molecule has 0 saturated carbocycles. The van der Waals surface area contributed by atoms with Gasteiger partial charge in [0.1, 0.15) is 26.4 Å². The van der Waals surface area contributed by atoms with Crippen LogP contribution in [0.3, 0.4) is 0 Å². The SMILES string of the molecule is C#CC.C#CC.CC#CC#CC#CC#CC#CC#CC#CC#CC(=O)OCC(COC(=O)C#CC#CC#CC#CC#CC#CC#CC#CC)OC(=O)C#CC#CC#CC#CC#CC#CC#CC#CC.CC#CC#CC#CC#CC#CC#CC#CC#CC(=O)OCC(COC(=O)C#CC#CC#CC#CC#CC#CC#CC#CC)OC(=O)C#CC#CC#CC#CC#CC#CC#CC#CC.[HH].[HH].[HH].[HH].[HH].[HH].[HH].[HH].[HH].[HH].[HH].[HH].[HH].[HH].[HH].[HH].[HH].[HH].[HH].[HH].[HH].[HH].[HH].[HH].[HH].[HH].[HH].[HH].[HH].[HH].[HH].[HH].[HH].[HH].[HH].[HH].[HH].[HH].[HH].[HH].[HH].[HH].[HH].[HH].[HH].[HH].[HH].[HH].[HH].[HH].[HH].[HH].[HH].[HH].[HH].[HH].[HH].[HH].[HH].[HH].[HH].[HH].[HH].[HH].[HH].[HH].[HH].[HH].[HH].[HH].[HH].[HH].[HH].[HH].[HH].[HH].[HH].[HH].[HH].[HH].[HH].[HH].[HH].[HH].[HH].[HH].[HH].[HH].[HH].[HH].[HH].[HH].[HH].[HH]. The Bertz CT molecular complexity index is 7610. The van der Waals surface area contributed by atoms with Crippen LogP contribution < -0.4 is 0 Å². The average Bonchev–Trinajstić information content (AvgIpc) is 0.941. The van der Waals surface area contributed by atoms with E-state index in [4.69, 9.17) is 28.4 Å². The number of carbonyl (C=O) groups excluding carboxylic acids is 6. The van der Waals surface area contributed by atoms with Crippen LogP contribution in [0.4, 0.5) is 0 Å². The van der Waals surface area contributed by atoms with Crippen molar-refractivity contribution in [2.45, 2.75) is 67.6 Å². The molecule has 0 aromatic carbocycles. The molecule has 0 spiro atoms. The molecule has 0 bridgehead atoms. The lowest BCUT2D eigenvalue weighted by molar-refractivity contribution is -0.159. The maximum Gasteiger partial charge on any atom is 0.385 e. The molecular formula is C120H224O12. The first-order valence-electron chi connectivity index (χ1n) is 34.3. The molecule has 0 aliphatic carbocycles. The Morgan fingerprint density at radius 1 is 0.159 bits per heavy atom. The summed E-state index contributed by atoms with van der Waals surface area (Å²) in [7, 11) is 0. The average molecular weight is 1860 g/mol. The van der Waals surface area contributed by atoms with E-state index in [9.17, 15) is 28.8 Å². The zero-order valence-corrected chi connectivity index (χ0v) is 70.0. The van der Waals surface area contributed by atoms with Crippen molar-refractivity contribution in [1.29, 1.82) is 0 Å². The van der Waals surface area contributed by atoms with Crippen molar-refractivity contribution in [3.8, 4) is 593 Å². The summed E-state index contributed by atoms with van der Waals surface area (Å²) in [5.74, 6) is 230. The van der Waals surface area contributed by atoms with E-state index in [0.717, 1.165) is 0 Å². The number of hydrogen-bond donors (Lipinski definition) is 0. The topological polar surface area (TPSA) is 158 Å². The molecule has 0 N–H and O–H groups in total. The fraction of sp³-hybridized carbons (Fsp3) is 0.117. The van der Waals surface area contributed by atoms with Crippen LogP contribution >= 0.6 is 0 Å². The zero-order chi connectivity index (χ0) is 97.0. The first-order valence-corrected chi connectivity index (χ1v) is 34.3. The lowest BCUT2D eigenvalue weighted by Gasteiger charge is -2.15. The number of terminal acetylenes is 2. The molecule has 0 aliphatic rings. The van der Waals surface area contributed by atoms with Crippen LogP contribution in [0, 0.1) is 593 Å². The molecule has 12 nitrogen and oxygen atoms in total. The fourth-order valence-corrected chi connectivity index (χ4v) is 4.53. The molecule has 0 aromatic heterocycles. The third-order valence-electron chi connectivity index (χ3n) is 8.76. The molecule has 0 radical (unpaired) electrons. The van der Waals surface area contributed by atoms with Crippen molar-refractivity contribution in [3.05, 3.63) is 0 Å². The molecule has 0 rings (SSSR count). The van der Waals surface area contributed by atoms with Gasteiger partial charge < -0.3 is 28.4 Å². The number of ether oxygens (including phenoxy) is 6. The minimum absolute atomic E-state index is 0. The van der Waals surface area contributed by atoms with Gasteiger partial charge in [-0.25, -0.2) is 28.8 Å². The first kappa shape index (κ1) is 113. The fourth-order valence-electron chi connectivity index (χ4n) is 4.53. The molecule has 0 atom stereocenters. The third-order valence-corrected chi connectivity index (χ3v) is 8.76. The van der Waals surface area contributed by atoms with Crippen LogP contribution in [-0.4, -0.2) is 74.5 Å². The zero-order valence-electron chi connectivity index (χ0n) is 70.0. The molecular weight excluding hydrogens is 1630 g/mol. The van der Waals surface area contributed by atoms with Crippen LogP contribution in [0.25, 0.3) is 0 Å². The number of carbonyl (C=O) groups is 6. The molecule has 0 saturated heterocycles. The summed E-state index contributed by atoms with van der Waals surface area (Å²) in [6.07, 6.45) is 6.52. The number of esters is 6. The summed E-state index contributed by atoms with van der Waals surface area (Å²) in [6.45, 7) is 10.8.